The van der Waals surface area contributed by atoms with E-state index in [-0.39, 0.29) is 22.8 Å². The predicted molar refractivity (Wildman–Crippen MR) is 70.0 cm³/mol. The van der Waals surface area contributed by atoms with Gasteiger partial charge in [-0.15, -0.1) is 0 Å². The van der Waals surface area contributed by atoms with E-state index in [1.165, 1.54) is 12.1 Å². The second-order valence-corrected chi connectivity index (χ2v) is 7.24. The van der Waals surface area contributed by atoms with E-state index in [4.69, 9.17) is 5.73 Å². The monoisotopic (exact) mass is 286 g/mol. The van der Waals surface area contributed by atoms with Crippen LogP contribution in [0.3, 0.4) is 0 Å². The van der Waals surface area contributed by atoms with Crippen molar-refractivity contribution in [3.63, 3.8) is 0 Å². The highest BCUT2D eigenvalue weighted by atomic mass is 32.2. The molecular weight excluding hydrogens is 271 g/mol. The van der Waals surface area contributed by atoms with Crippen molar-refractivity contribution < 1.29 is 17.6 Å². The van der Waals surface area contributed by atoms with E-state index < -0.39 is 27.1 Å². The van der Waals surface area contributed by atoms with Crippen LogP contribution in [0.4, 0.5) is 10.1 Å². The molecular formula is C12H15FN2O3S. The van der Waals surface area contributed by atoms with E-state index >= 15 is 0 Å². The van der Waals surface area contributed by atoms with Crippen molar-refractivity contribution >= 4 is 21.4 Å². The van der Waals surface area contributed by atoms with Crippen LogP contribution >= 0.6 is 0 Å². The summed E-state index contributed by atoms with van der Waals surface area (Å²) in [6.07, 6.45) is 0.344. The molecule has 7 heteroatoms. The molecule has 104 valence electrons. The summed E-state index contributed by atoms with van der Waals surface area (Å²) in [5, 5.41) is 2.63. The molecule has 19 heavy (non-hydrogen) atoms. The zero-order chi connectivity index (χ0) is 14.3. The molecule has 1 fully saturated rings. The Morgan fingerprint density at radius 1 is 1.47 bits per heavy atom. The first-order chi connectivity index (χ1) is 8.72. The van der Waals surface area contributed by atoms with Gasteiger partial charge < -0.3 is 11.1 Å². The number of halogens is 1. The van der Waals surface area contributed by atoms with Crippen molar-refractivity contribution in [2.24, 2.45) is 0 Å². The van der Waals surface area contributed by atoms with Gasteiger partial charge in [0.15, 0.2) is 9.84 Å². The lowest BCUT2D eigenvalue weighted by Gasteiger charge is -2.24. The normalized spacial score (nSPS) is 25.2. The third kappa shape index (κ3) is 2.86. The molecule has 0 saturated carbocycles. The fourth-order valence-corrected chi connectivity index (χ4v) is 4.28. The SMILES string of the molecule is CC1(NC(=O)c2cccc(F)c2N)CCS(=O)(=O)C1. The van der Waals surface area contributed by atoms with E-state index in [1.807, 2.05) is 0 Å². The molecule has 0 aromatic heterocycles. The Kier molecular flexibility index (Phi) is 3.25. The van der Waals surface area contributed by atoms with Gasteiger partial charge in [0.1, 0.15) is 5.82 Å². The number of carbonyl (C=O) groups excluding carboxylic acids is 1. The number of benzene rings is 1. The van der Waals surface area contributed by atoms with Gasteiger partial charge in [0.2, 0.25) is 0 Å². The van der Waals surface area contributed by atoms with E-state index in [0.717, 1.165) is 6.07 Å². The third-order valence-electron chi connectivity index (χ3n) is 3.22. The van der Waals surface area contributed by atoms with Crippen molar-refractivity contribution in [2.45, 2.75) is 18.9 Å². The van der Waals surface area contributed by atoms with Crippen LogP contribution in [0.1, 0.15) is 23.7 Å². The number of anilines is 1. The number of sulfone groups is 1. The molecule has 1 saturated heterocycles. The predicted octanol–water partition coefficient (Wildman–Crippen LogP) is 0.715. The summed E-state index contributed by atoms with van der Waals surface area (Å²) in [4.78, 5) is 12.0. The van der Waals surface area contributed by atoms with E-state index in [2.05, 4.69) is 5.32 Å². The van der Waals surface area contributed by atoms with E-state index in [9.17, 15) is 17.6 Å². The molecule has 1 amide bonds. The molecule has 1 aromatic carbocycles. The molecule has 2 rings (SSSR count). The Labute approximate surface area is 110 Å². The van der Waals surface area contributed by atoms with E-state index in [0.29, 0.717) is 6.42 Å². The van der Waals surface area contributed by atoms with Gasteiger partial charge in [-0.2, -0.15) is 0 Å². The zero-order valence-corrected chi connectivity index (χ0v) is 11.3. The topological polar surface area (TPSA) is 89.3 Å². The van der Waals surface area contributed by atoms with Crippen molar-refractivity contribution in [3.05, 3.63) is 29.6 Å². The quantitative estimate of drug-likeness (QED) is 0.784. The molecule has 0 aliphatic carbocycles. The molecule has 1 heterocycles. The van der Waals surface area contributed by atoms with Crippen LogP contribution in [0, 0.1) is 5.82 Å². The highest BCUT2D eigenvalue weighted by Crippen LogP contribution is 2.24. The summed E-state index contributed by atoms with van der Waals surface area (Å²) < 4.78 is 36.2. The first-order valence-corrected chi connectivity index (χ1v) is 7.61. The Morgan fingerprint density at radius 2 is 2.16 bits per heavy atom. The minimum absolute atomic E-state index is 0.0190. The molecule has 1 atom stereocenters. The second-order valence-electron chi connectivity index (χ2n) is 5.06. The minimum atomic E-state index is -3.12. The van der Waals surface area contributed by atoms with Gasteiger partial charge in [-0.05, 0) is 25.5 Å². The molecule has 1 aliphatic heterocycles. The minimum Gasteiger partial charge on any atom is -0.396 e. The first kappa shape index (κ1) is 13.8. The maximum Gasteiger partial charge on any atom is 0.253 e. The summed E-state index contributed by atoms with van der Waals surface area (Å²) >= 11 is 0. The maximum atomic E-state index is 13.3. The number of para-hydroxylation sites is 1. The lowest BCUT2D eigenvalue weighted by atomic mass is 10.0. The third-order valence-corrected chi connectivity index (χ3v) is 5.12. The van der Waals surface area contributed by atoms with E-state index in [1.54, 1.807) is 6.92 Å². The number of nitrogens with one attached hydrogen (secondary N) is 1. The maximum absolute atomic E-state index is 13.3. The number of rotatable bonds is 2. The van der Waals surface area contributed by atoms with Gasteiger partial charge in [0.05, 0.1) is 28.3 Å². The van der Waals surface area contributed by atoms with Crippen LogP contribution in [-0.2, 0) is 9.84 Å². The molecule has 1 aliphatic rings. The summed E-state index contributed by atoms with van der Waals surface area (Å²) in [6.45, 7) is 1.66. The van der Waals surface area contributed by atoms with Crippen LogP contribution < -0.4 is 11.1 Å². The highest BCUT2D eigenvalue weighted by Gasteiger charge is 2.39. The van der Waals surface area contributed by atoms with Crippen molar-refractivity contribution in [1.29, 1.82) is 0 Å². The van der Waals surface area contributed by atoms with Crippen molar-refractivity contribution in [1.82, 2.24) is 5.32 Å². The fourth-order valence-electron chi connectivity index (χ4n) is 2.19. The van der Waals surface area contributed by atoms with Crippen LogP contribution in [0.5, 0.6) is 0 Å². The number of nitrogen functional groups attached to an aromatic ring is 1. The largest absolute Gasteiger partial charge is 0.396 e. The highest BCUT2D eigenvalue weighted by molar-refractivity contribution is 7.91. The Morgan fingerprint density at radius 3 is 2.74 bits per heavy atom. The van der Waals surface area contributed by atoms with Gasteiger partial charge in [0.25, 0.3) is 5.91 Å². The number of amides is 1. The molecule has 5 nitrogen and oxygen atoms in total. The number of nitrogens with two attached hydrogens (primary N) is 1. The average Bonchev–Trinajstić information content (AvgIpc) is 2.56. The molecule has 1 unspecified atom stereocenters. The molecule has 3 N–H and O–H groups in total. The number of hydrogen-bond acceptors (Lipinski definition) is 4. The Balaban J connectivity index is 2.21. The summed E-state index contributed by atoms with van der Waals surface area (Å²) in [6, 6.07) is 3.95. The van der Waals surface area contributed by atoms with Crippen molar-refractivity contribution in [2.75, 3.05) is 17.2 Å². The first-order valence-electron chi connectivity index (χ1n) is 5.79. The van der Waals surface area contributed by atoms with Crippen LogP contribution in [0.15, 0.2) is 18.2 Å². The van der Waals surface area contributed by atoms with Gasteiger partial charge in [-0.3, -0.25) is 4.79 Å². The fraction of sp³-hybridized carbons (Fsp3) is 0.417. The zero-order valence-electron chi connectivity index (χ0n) is 10.4. The van der Waals surface area contributed by atoms with Crippen molar-refractivity contribution in [3.8, 4) is 0 Å². The van der Waals surface area contributed by atoms with Crippen LogP contribution in [0.2, 0.25) is 0 Å². The molecule has 0 bridgehead atoms. The molecule has 1 aromatic rings. The summed E-state index contributed by atoms with van der Waals surface area (Å²) in [7, 11) is -3.12. The Bertz CT molecular complexity index is 630. The van der Waals surface area contributed by atoms with Crippen LogP contribution in [0.25, 0.3) is 0 Å². The summed E-state index contributed by atoms with van der Waals surface area (Å²) in [5.74, 6) is -1.29. The standard InChI is InChI=1S/C12H15FN2O3S/c1-12(5-6-19(17,18)7-12)15-11(16)8-3-2-4-9(13)10(8)14/h2-4H,5-7,14H2,1H3,(H,15,16). The number of hydrogen-bond donors (Lipinski definition) is 2. The second kappa shape index (κ2) is 4.48. The lowest BCUT2D eigenvalue weighted by molar-refractivity contribution is 0.0916. The van der Waals surface area contributed by atoms with Gasteiger partial charge >= 0.3 is 0 Å². The smallest absolute Gasteiger partial charge is 0.253 e. The number of carbonyl (C=O) groups is 1. The van der Waals surface area contributed by atoms with Crippen LogP contribution in [-0.4, -0.2) is 31.4 Å². The molecule has 0 spiro atoms. The van der Waals surface area contributed by atoms with Gasteiger partial charge in [-0.1, -0.05) is 6.07 Å². The molecule has 0 radical (unpaired) electrons. The summed E-state index contributed by atoms with van der Waals surface area (Å²) in [5.41, 5.74) is 4.46. The lowest BCUT2D eigenvalue weighted by Crippen LogP contribution is -2.47. The Hall–Kier alpha value is -1.63. The van der Waals surface area contributed by atoms with Gasteiger partial charge in [-0.25, -0.2) is 12.8 Å². The average molecular weight is 286 g/mol. The van der Waals surface area contributed by atoms with Gasteiger partial charge in [0, 0.05) is 0 Å².